The van der Waals surface area contributed by atoms with E-state index in [-0.39, 0.29) is 30.8 Å². The van der Waals surface area contributed by atoms with Crippen molar-refractivity contribution in [2.45, 2.75) is 13.0 Å². The quantitative estimate of drug-likeness (QED) is 0.588. The van der Waals surface area contributed by atoms with E-state index in [2.05, 4.69) is 5.32 Å². The van der Waals surface area contributed by atoms with Crippen molar-refractivity contribution in [3.05, 3.63) is 34.4 Å². The van der Waals surface area contributed by atoms with Gasteiger partial charge in [0.2, 0.25) is 5.91 Å². The van der Waals surface area contributed by atoms with E-state index in [1.807, 2.05) is 0 Å². The first-order valence-corrected chi connectivity index (χ1v) is 5.79. The highest BCUT2D eigenvalue weighted by atomic mass is 16.6. The third-order valence-electron chi connectivity index (χ3n) is 2.77. The lowest BCUT2D eigenvalue weighted by Crippen LogP contribution is -2.38. The van der Waals surface area contributed by atoms with E-state index in [4.69, 9.17) is 5.11 Å². The molecular formula is C12H17N3O4. The molecule has 1 unspecified atom stereocenters. The number of benzene rings is 1. The smallest absolute Gasteiger partial charge is 0.269 e. The van der Waals surface area contributed by atoms with Crippen LogP contribution in [0.2, 0.25) is 0 Å². The van der Waals surface area contributed by atoms with Gasteiger partial charge in [0.05, 0.1) is 18.1 Å². The Morgan fingerprint density at radius 3 is 2.53 bits per heavy atom. The van der Waals surface area contributed by atoms with Crippen molar-refractivity contribution < 1.29 is 14.8 Å². The molecule has 19 heavy (non-hydrogen) atoms. The minimum atomic E-state index is -0.498. The highest BCUT2D eigenvalue weighted by molar-refractivity contribution is 5.92. The molecule has 0 radical (unpaired) electrons. The van der Waals surface area contributed by atoms with Crippen LogP contribution in [0.5, 0.6) is 0 Å². The number of nitro benzene ring substituents is 1. The highest BCUT2D eigenvalue weighted by Gasteiger charge is 2.12. The molecule has 7 nitrogen and oxygen atoms in total. The number of hydrogen-bond acceptors (Lipinski definition) is 5. The molecule has 104 valence electrons. The van der Waals surface area contributed by atoms with E-state index in [0.29, 0.717) is 5.69 Å². The Labute approximate surface area is 111 Å². The van der Waals surface area contributed by atoms with Crippen LogP contribution in [0.1, 0.15) is 6.92 Å². The molecule has 0 aromatic heterocycles. The number of carbonyl (C=O) groups excluding carboxylic acids is 1. The number of aliphatic hydroxyl groups is 1. The molecule has 1 aromatic carbocycles. The van der Waals surface area contributed by atoms with Gasteiger partial charge in [-0.05, 0) is 26.1 Å². The van der Waals surface area contributed by atoms with Crippen LogP contribution in [0.4, 0.5) is 11.4 Å². The number of likely N-dealkylation sites (N-methyl/N-ethyl adjacent to an activating group) is 1. The number of carbonyl (C=O) groups is 1. The zero-order chi connectivity index (χ0) is 14.4. The van der Waals surface area contributed by atoms with Crippen LogP contribution in [0.3, 0.4) is 0 Å². The number of non-ortho nitro benzene ring substituents is 1. The third kappa shape index (κ3) is 4.65. The maximum absolute atomic E-state index is 11.7. The van der Waals surface area contributed by atoms with Crippen LogP contribution in [0.15, 0.2) is 24.3 Å². The van der Waals surface area contributed by atoms with Gasteiger partial charge in [0.15, 0.2) is 0 Å². The predicted octanol–water partition coefficient (Wildman–Crippen LogP) is 0.846. The summed E-state index contributed by atoms with van der Waals surface area (Å²) < 4.78 is 0. The first-order chi connectivity index (χ1) is 8.93. The topological polar surface area (TPSA) is 95.7 Å². The molecule has 0 bridgehead atoms. The summed E-state index contributed by atoms with van der Waals surface area (Å²) in [4.78, 5) is 23.4. The van der Waals surface area contributed by atoms with Gasteiger partial charge in [0.25, 0.3) is 5.69 Å². The zero-order valence-electron chi connectivity index (χ0n) is 10.9. The molecule has 0 spiro atoms. The zero-order valence-corrected chi connectivity index (χ0v) is 10.9. The van der Waals surface area contributed by atoms with E-state index in [9.17, 15) is 14.9 Å². The number of rotatable bonds is 6. The Bertz CT molecular complexity index is 447. The second-order valence-electron chi connectivity index (χ2n) is 4.30. The summed E-state index contributed by atoms with van der Waals surface area (Å²) in [6.45, 7) is 1.92. The van der Waals surface area contributed by atoms with E-state index in [1.54, 1.807) is 18.9 Å². The number of nitro groups is 1. The monoisotopic (exact) mass is 267 g/mol. The van der Waals surface area contributed by atoms with Crippen molar-refractivity contribution in [1.29, 1.82) is 0 Å². The summed E-state index contributed by atoms with van der Waals surface area (Å²) in [5, 5.41) is 22.1. The van der Waals surface area contributed by atoms with Gasteiger partial charge in [-0.2, -0.15) is 0 Å². The van der Waals surface area contributed by atoms with E-state index in [1.165, 1.54) is 24.3 Å². The minimum absolute atomic E-state index is 0.0241. The number of aliphatic hydroxyl groups excluding tert-OH is 1. The number of anilines is 1. The lowest BCUT2D eigenvalue weighted by atomic mass is 10.2. The Balaban J connectivity index is 2.55. The van der Waals surface area contributed by atoms with Crippen molar-refractivity contribution >= 4 is 17.3 Å². The van der Waals surface area contributed by atoms with Crippen LogP contribution < -0.4 is 5.32 Å². The normalized spacial score (nSPS) is 12.2. The summed E-state index contributed by atoms with van der Waals surface area (Å²) in [7, 11) is 1.73. The lowest BCUT2D eigenvalue weighted by Gasteiger charge is -2.21. The Hall–Kier alpha value is -1.99. The van der Waals surface area contributed by atoms with E-state index >= 15 is 0 Å². The predicted molar refractivity (Wildman–Crippen MR) is 70.9 cm³/mol. The molecule has 0 saturated heterocycles. The van der Waals surface area contributed by atoms with Crippen LogP contribution in [-0.4, -0.2) is 47.1 Å². The van der Waals surface area contributed by atoms with Crippen molar-refractivity contribution in [3.8, 4) is 0 Å². The average Bonchev–Trinajstić information content (AvgIpc) is 2.38. The first kappa shape index (κ1) is 15.1. The summed E-state index contributed by atoms with van der Waals surface area (Å²) in [6.07, 6.45) is 0. The van der Waals surface area contributed by atoms with Crippen molar-refractivity contribution in [2.75, 3.05) is 25.5 Å². The fraction of sp³-hybridized carbons (Fsp3) is 0.417. The molecule has 0 aliphatic heterocycles. The standard InChI is InChI=1S/C12H17N3O4/c1-9(8-16)14(2)7-12(17)13-10-3-5-11(6-4-10)15(18)19/h3-6,9,16H,7-8H2,1-2H3,(H,13,17). The van der Waals surface area contributed by atoms with Gasteiger partial charge in [-0.15, -0.1) is 0 Å². The van der Waals surface area contributed by atoms with Gasteiger partial charge >= 0.3 is 0 Å². The summed E-state index contributed by atoms with van der Waals surface area (Å²) >= 11 is 0. The number of nitrogens with one attached hydrogen (secondary N) is 1. The molecule has 1 rings (SSSR count). The summed E-state index contributed by atoms with van der Waals surface area (Å²) in [5.41, 5.74) is 0.477. The molecule has 1 aromatic rings. The fourth-order valence-electron chi connectivity index (χ4n) is 1.39. The highest BCUT2D eigenvalue weighted by Crippen LogP contribution is 2.15. The van der Waals surface area contributed by atoms with Crippen molar-refractivity contribution in [3.63, 3.8) is 0 Å². The number of nitrogens with zero attached hydrogens (tertiary/aromatic N) is 2. The molecular weight excluding hydrogens is 250 g/mol. The molecule has 0 heterocycles. The molecule has 0 saturated carbocycles. The summed E-state index contributed by atoms with van der Waals surface area (Å²) in [6, 6.07) is 5.50. The summed E-state index contributed by atoms with van der Waals surface area (Å²) in [5.74, 6) is -0.239. The first-order valence-electron chi connectivity index (χ1n) is 5.79. The van der Waals surface area contributed by atoms with Gasteiger partial charge in [0, 0.05) is 23.9 Å². The molecule has 1 amide bonds. The third-order valence-corrected chi connectivity index (χ3v) is 2.77. The van der Waals surface area contributed by atoms with Crippen LogP contribution in [0.25, 0.3) is 0 Å². The van der Waals surface area contributed by atoms with Crippen molar-refractivity contribution in [2.24, 2.45) is 0 Å². The van der Waals surface area contributed by atoms with Crippen LogP contribution in [0, 0.1) is 10.1 Å². The van der Waals surface area contributed by atoms with Crippen molar-refractivity contribution in [1.82, 2.24) is 4.90 Å². The maximum atomic E-state index is 11.7. The van der Waals surface area contributed by atoms with Gasteiger partial charge in [0.1, 0.15) is 0 Å². The van der Waals surface area contributed by atoms with Crippen LogP contribution in [-0.2, 0) is 4.79 Å². The SMILES string of the molecule is CC(CO)N(C)CC(=O)Nc1ccc([N+](=O)[O-])cc1. The molecule has 2 N–H and O–H groups in total. The lowest BCUT2D eigenvalue weighted by molar-refractivity contribution is -0.384. The average molecular weight is 267 g/mol. The molecule has 0 fully saturated rings. The van der Waals surface area contributed by atoms with Gasteiger partial charge in [-0.25, -0.2) is 0 Å². The minimum Gasteiger partial charge on any atom is -0.395 e. The Kier molecular flexibility index (Phi) is 5.40. The fourth-order valence-corrected chi connectivity index (χ4v) is 1.39. The molecule has 1 atom stereocenters. The van der Waals surface area contributed by atoms with Gasteiger partial charge in [-0.1, -0.05) is 0 Å². The van der Waals surface area contributed by atoms with Gasteiger partial charge in [-0.3, -0.25) is 19.8 Å². The number of hydrogen-bond donors (Lipinski definition) is 2. The second kappa shape index (κ2) is 6.81. The molecule has 0 aliphatic rings. The maximum Gasteiger partial charge on any atom is 0.269 e. The van der Waals surface area contributed by atoms with Gasteiger partial charge < -0.3 is 10.4 Å². The van der Waals surface area contributed by atoms with E-state index < -0.39 is 4.92 Å². The number of amides is 1. The Morgan fingerprint density at radius 2 is 2.05 bits per heavy atom. The van der Waals surface area contributed by atoms with Crippen LogP contribution >= 0.6 is 0 Å². The largest absolute Gasteiger partial charge is 0.395 e. The Morgan fingerprint density at radius 1 is 1.47 bits per heavy atom. The molecule has 7 heteroatoms. The molecule has 0 aliphatic carbocycles. The van der Waals surface area contributed by atoms with E-state index in [0.717, 1.165) is 0 Å². The second-order valence-corrected chi connectivity index (χ2v) is 4.30.